The van der Waals surface area contributed by atoms with Crippen LogP contribution in [0.25, 0.3) is 0 Å². The lowest BCUT2D eigenvalue weighted by Crippen LogP contribution is -1.87. The summed E-state index contributed by atoms with van der Waals surface area (Å²) in [5, 5.41) is 8.37. The first kappa shape index (κ1) is 10.7. The van der Waals surface area contributed by atoms with Gasteiger partial charge in [0, 0.05) is 6.08 Å². The fourth-order valence-electron chi connectivity index (χ4n) is 0.635. The molecule has 0 aliphatic carbocycles. The van der Waals surface area contributed by atoms with Crippen molar-refractivity contribution in [1.82, 2.24) is 0 Å². The monoisotopic (exact) mass is 166 g/mol. The van der Waals surface area contributed by atoms with Crippen LogP contribution in [0.4, 0.5) is 0 Å². The van der Waals surface area contributed by atoms with Gasteiger partial charge in [-0.15, -0.1) is 0 Å². The number of allylic oxidation sites excluding steroid dienone is 5. The van der Waals surface area contributed by atoms with Gasteiger partial charge in [-0.25, -0.2) is 4.79 Å². The van der Waals surface area contributed by atoms with Crippen molar-refractivity contribution in [2.75, 3.05) is 0 Å². The van der Waals surface area contributed by atoms with Crippen molar-refractivity contribution in [2.24, 2.45) is 0 Å². The van der Waals surface area contributed by atoms with Crippen molar-refractivity contribution in [1.29, 1.82) is 0 Å². The lowest BCUT2D eigenvalue weighted by Gasteiger charge is -1.87. The van der Waals surface area contributed by atoms with Crippen LogP contribution in [-0.4, -0.2) is 11.1 Å². The lowest BCUT2D eigenvalue weighted by atomic mass is 10.2. The zero-order valence-corrected chi connectivity index (χ0v) is 7.66. The van der Waals surface area contributed by atoms with E-state index in [2.05, 4.69) is 0 Å². The Hall–Kier alpha value is -1.31. The van der Waals surface area contributed by atoms with Crippen LogP contribution in [0.1, 0.15) is 20.8 Å². The fraction of sp³-hybridized carbons (Fsp3) is 0.300. The van der Waals surface area contributed by atoms with Gasteiger partial charge in [0.05, 0.1) is 0 Å². The number of carboxylic acid groups (broad SMARTS) is 1. The van der Waals surface area contributed by atoms with Gasteiger partial charge in [-0.2, -0.15) is 0 Å². The normalized spacial score (nSPS) is 11.8. The predicted octanol–water partition coefficient (Wildman–Crippen LogP) is 2.54. The van der Waals surface area contributed by atoms with E-state index < -0.39 is 5.97 Å². The third-order valence-electron chi connectivity index (χ3n) is 1.14. The topological polar surface area (TPSA) is 37.3 Å². The Morgan fingerprint density at radius 3 is 2.25 bits per heavy atom. The minimum atomic E-state index is -0.908. The van der Waals surface area contributed by atoms with Gasteiger partial charge in [0.1, 0.15) is 0 Å². The Kier molecular flexibility index (Phi) is 4.77. The zero-order valence-electron chi connectivity index (χ0n) is 7.66. The van der Waals surface area contributed by atoms with E-state index in [9.17, 15) is 4.79 Å². The van der Waals surface area contributed by atoms with E-state index >= 15 is 0 Å². The van der Waals surface area contributed by atoms with E-state index in [1.165, 1.54) is 11.6 Å². The van der Waals surface area contributed by atoms with Gasteiger partial charge in [0.2, 0.25) is 0 Å². The number of carboxylic acids is 1. The largest absolute Gasteiger partial charge is 0.478 e. The standard InChI is InChI=1S/C10H14O2/c1-8(2)5-4-6-9(3)7-10(11)12/h4-7H,1-3H3,(H,11,12)/b6-4+,9-7+. The predicted molar refractivity (Wildman–Crippen MR) is 50.0 cm³/mol. The highest BCUT2D eigenvalue weighted by molar-refractivity contribution is 5.81. The van der Waals surface area contributed by atoms with Crippen LogP contribution >= 0.6 is 0 Å². The van der Waals surface area contributed by atoms with Gasteiger partial charge in [-0.1, -0.05) is 23.8 Å². The van der Waals surface area contributed by atoms with Gasteiger partial charge >= 0.3 is 5.97 Å². The van der Waals surface area contributed by atoms with E-state index in [1.54, 1.807) is 13.0 Å². The van der Waals surface area contributed by atoms with Crippen molar-refractivity contribution in [3.8, 4) is 0 Å². The maximum atomic E-state index is 10.2. The molecule has 66 valence electrons. The lowest BCUT2D eigenvalue weighted by molar-refractivity contribution is -0.131. The second-order valence-corrected chi connectivity index (χ2v) is 2.83. The summed E-state index contributed by atoms with van der Waals surface area (Å²) in [6.45, 7) is 5.73. The summed E-state index contributed by atoms with van der Waals surface area (Å²) in [4.78, 5) is 10.2. The molecular weight excluding hydrogens is 152 g/mol. The summed E-state index contributed by atoms with van der Waals surface area (Å²) < 4.78 is 0. The van der Waals surface area contributed by atoms with Crippen LogP contribution in [0.5, 0.6) is 0 Å². The summed E-state index contributed by atoms with van der Waals surface area (Å²) in [5.74, 6) is -0.908. The number of rotatable bonds is 3. The first-order valence-corrected chi connectivity index (χ1v) is 3.75. The highest BCUT2D eigenvalue weighted by atomic mass is 16.4. The molecule has 0 unspecified atom stereocenters. The molecule has 0 atom stereocenters. The molecule has 0 aliphatic rings. The molecule has 2 heteroatoms. The Balaban J connectivity index is 4.18. The molecule has 0 aromatic rings. The van der Waals surface area contributed by atoms with Crippen molar-refractivity contribution in [3.05, 3.63) is 35.5 Å². The first-order valence-electron chi connectivity index (χ1n) is 3.75. The van der Waals surface area contributed by atoms with Gasteiger partial charge in [0.25, 0.3) is 0 Å². The van der Waals surface area contributed by atoms with Crippen LogP contribution in [0, 0.1) is 0 Å². The van der Waals surface area contributed by atoms with Crippen molar-refractivity contribution >= 4 is 5.97 Å². The zero-order chi connectivity index (χ0) is 9.56. The highest BCUT2D eigenvalue weighted by Crippen LogP contribution is 1.96. The van der Waals surface area contributed by atoms with E-state index in [-0.39, 0.29) is 0 Å². The van der Waals surface area contributed by atoms with Crippen LogP contribution < -0.4 is 0 Å². The summed E-state index contributed by atoms with van der Waals surface area (Å²) in [5.41, 5.74) is 1.93. The summed E-state index contributed by atoms with van der Waals surface area (Å²) in [6.07, 6.45) is 6.71. The molecule has 0 aromatic carbocycles. The number of hydrogen-bond acceptors (Lipinski definition) is 1. The minimum Gasteiger partial charge on any atom is -0.478 e. The van der Waals surface area contributed by atoms with E-state index in [0.29, 0.717) is 0 Å². The van der Waals surface area contributed by atoms with E-state index in [4.69, 9.17) is 5.11 Å². The molecule has 12 heavy (non-hydrogen) atoms. The first-order chi connectivity index (χ1) is 5.52. The number of carbonyl (C=O) groups is 1. The Labute approximate surface area is 72.9 Å². The van der Waals surface area contributed by atoms with E-state index in [0.717, 1.165) is 5.57 Å². The molecular formula is C10H14O2. The minimum absolute atomic E-state index is 0.736. The SMILES string of the molecule is CC(C)=C/C=C/C(C)=C/C(=O)O. The average Bonchev–Trinajstić information content (AvgIpc) is 1.84. The molecule has 0 spiro atoms. The molecule has 0 rings (SSSR count). The molecule has 0 heterocycles. The Bertz CT molecular complexity index is 241. The van der Waals surface area contributed by atoms with Crippen molar-refractivity contribution in [3.63, 3.8) is 0 Å². The third-order valence-corrected chi connectivity index (χ3v) is 1.14. The third kappa shape index (κ3) is 6.81. The second-order valence-electron chi connectivity index (χ2n) is 2.83. The highest BCUT2D eigenvalue weighted by Gasteiger charge is 1.87. The maximum absolute atomic E-state index is 10.2. The van der Waals surface area contributed by atoms with Crippen LogP contribution in [0.15, 0.2) is 35.5 Å². The van der Waals surface area contributed by atoms with E-state index in [1.807, 2.05) is 26.0 Å². The summed E-state index contributed by atoms with van der Waals surface area (Å²) in [6, 6.07) is 0. The molecule has 0 fully saturated rings. The molecule has 0 bridgehead atoms. The van der Waals surface area contributed by atoms with Crippen LogP contribution in [0.3, 0.4) is 0 Å². The number of hydrogen-bond donors (Lipinski definition) is 1. The van der Waals surface area contributed by atoms with Gasteiger partial charge in [0.15, 0.2) is 0 Å². The Morgan fingerprint density at radius 1 is 1.25 bits per heavy atom. The number of aliphatic carboxylic acids is 1. The molecule has 0 radical (unpaired) electrons. The van der Waals surface area contributed by atoms with Crippen molar-refractivity contribution in [2.45, 2.75) is 20.8 Å². The molecule has 0 aromatic heterocycles. The van der Waals surface area contributed by atoms with Gasteiger partial charge in [-0.3, -0.25) is 0 Å². The van der Waals surface area contributed by atoms with Crippen molar-refractivity contribution < 1.29 is 9.90 Å². The Morgan fingerprint density at radius 2 is 1.83 bits per heavy atom. The molecule has 0 saturated heterocycles. The maximum Gasteiger partial charge on any atom is 0.328 e. The van der Waals surface area contributed by atoms with Gasteiger partial charge in [-0.05, 0) is 26.3 Å². The van der Waals surface area contributed by atoms with Crippen LogP contribution in [0.2, 0.25) is 0 Å². The summed E-state index contributed by atoms with van der Waals surface area (Å²) in [7, 11) is 0. The average molecular weight is 166 g/mol. The summed E-state index contributed by atoms with van der Waals surface area (Å²) >= 11 is 0. The molecule has 1 N–H and O–H groups in total. The molecule has 0 amide bonds. The van der Waals surface area contributed by atoms with Crippen LogP contribution in [-0.2, 0) is 4.79 Å². The second kappa shape index (κ2) is 5.35. The van der Waals surface area contributed by atoms with Gasteiger partial charge < -0.3 is 5.11 Å². The molecule has 2 nitrogen and oxygen atoms in total. The fourth-order valence-corrected chi connectivity index (χ4v) is 0.635. The quantitative estimate of drug-likeness (QED) is 0.516. The molecule has 0 aliphatic heterocycles. The smallest absolute Gasteiger partial charge is 0.328 e. The molecule has 0 saturated carbocycles.